The lowest BCUT2D eigenvalue weighted by Crippen LogP contribution is -2.36. The molecule has 1 amide bonds. The number of amides is 1. The Morgan fingerprint density at radius 2 is 2.04 bits per heavy atom. The summed E-state index contributed by atoms with van der Waals surface area (Å²) in [5.41, 5.74) is 0.954. The molecule has 0 unspecified atom stereocenters. The Bertz CT molecular complexity index is 1080. The van der Waals surface area contributed by atoms with Gasteiger partial charge in [0.25, 0.3) is 11.5 Å². The topological polar surface area (TPSA) is 114 Å². The smallest absolute Gasteiger partial charge is 0.273 e. The van der Waals surface area contributed by atoms with Crippen LogP contribution in [0.25, 0.3) is 16.9 Å². The van der Waals surface area contributed by atoms with E-state index in [9.17, 15) is 14.7 Å². The van der Waals surface area contributed by atoms with Gasteiger partial charge in [0.2, 0.25) is 0 Å². The van der Waals surface area contributed by atoms with E-state index in [1.807, 2.05) is 13.8 Å². The standard InChI is InChI=1S/C19H24N6O3/c1-19(2,11-26)10-21-17(27)15-16(20-3)22-14-8-7-13(23-25(14)15)12-6-5-9-24(4)18(12)28/h5-9,20,26H,10-11H2,1-4H3,(H,21,27). The van der Waals surface area contributed by atoms with Crippen molar-refractivity contribution in [1.29, 1.82) is 0 Å². The van der Waals surface area contributed by atoms with Gasteiger partial charge in [0.05, 0.1) is 11.3 Å². The zero-order valence-corrected chi connectivity index (χ0v) is 16.4. The number of rotatable bonds is 6. The molecule has 9 nitrogen and oxygen atoms in total. The number of aromatic nitrogens is 4. The number of anilines is 1. The molecule has 3 heterocycles. The van der Waals surface area contributed by atoms with E-state index in [1.165, 1.54) is 9.08 Å². The lowest BCUT2D eigenvalue weighted by molar-refractivity contribution is 0.0905. The van der Waals surface area contributed by atoms with Crippen molar-refractivity contribution >= 4 is 17.4 Å². The van der Waals surface area contributed by atoms with Crippen molar-refractivity contribution < 1.29 is 9.90 Å². The number of hydrogen-bond donors (Lipinski definition) is 3. The highest BCUT2D eigenvalue weighted by Crippen LogP contribution is 2.20. The van der Waals surface area contributed by atoms with Crippen LogP contribution in [0.5, 0.6) is 0 Å². The van der Waals surface area contributed by atoms with Crippen molar-refractivity contribution in [1.82, 2.24) is 24.5 Å². The molecule has 0 saturated heterocycles. The van der Waals surface area contributed by atoms with Crippen LogP contribution in [0.1, 0.15) is 24.3 Å². The maximum atomic E-state index is 12.8. The highest BCUT2D eigenvalue weighted by molar-refractivity contribution is 5.98. The maximum Gasteiger partial charge on any atom is 0.273 e. The molecule has 0 saturated carbocycles. The largest absolute Gasteiger partial charge is 0.396 e. The summed E-state index contributed by atoms with van der Waals surface area (Å²) in [7, 11) is 3.34. The highest BCUT2D eigenvalue weighted by atomic mass is 16.3. The fourth-order valence-electron chi connectivity index (χ4n) is 2.71. The molecule has 0 aliphatic rings. The van der Waals surface area contributed by atoms with E-state index in [-0.39, 0.29) is 30.3 Å². The normalized spacial score (nSPS) is 11.6. The fraction of sp³-hybridized carbons (Fsp3) is 0.368. The lowest BCUT2D eigenvalue weighted by Gasteiger charge is -2.21. The Labute approximate surface area is 162 Å². The van der Waals surface area contributed by atoms with E-state index in [4.69, 9.17) is 0 Å². The molecule has 3 rings (SSSR count). The molecule has 3 aromatic heterocycles. The summed E-state index contributed by atoms with van der Waals surface area (Å²) < 4.78 is 2.90. The van der Waals surface area contributed by atoms with Crippen LogP contribution in [0.15, 0.2) is 35.3 Å². The molecule has 0 aliphatic heterocycles. The van der Waals surface area contributed by atoms with Gasteiger partial charge in [0, 0.05) is 38.9 Å². The zero-order valence-electron chi connectivity index (χ0n) is 16.4. The van der Waals surface area contributed by atoms with E-state index < -0.39 is 5.41 Å². The van der Waals surface area contributed by atoms with Gasteiger partial charge in [0.1, 0.15) is 0 Å². The van der Waals surface area contributed by atoms with Gasteiger partial charge in [-0.2, -0.15) is 5.10 Å². The van der Waals surface area contributed by atoms with E-state index in [2.05, 4.69) is 20.7 Å². The molecule has 148 valence electrons. The molecular weight excluding hydrogens is 360 g/mol. The number of aliphatic hydroxyl groups excluding tert-OH is 1. The van der Waals surface area contributed by atoms with E-state index in [0.717, 1.165) is 0 Å². The van der Waals surface area contributed by atoms with Crippen LogP contribution >= 0.6 is 0 Å². The summed E-state index contributed by atoms with van der Waals surface area (Å²) in [6.45, 7) is 3.93. The molecule has 0 bridgehead atoms. The summed E-state index contributed by atoms with van der Waals surface area (Å²) in [5, 5.41) is 19.6. The number of pyridine rings is 1. The second-order valence-electron chi connectivity index (χ2n) is 7.39. The van der Waals surface area contributed by atoms with Gasteiger partial charge in [-0.1, -0.05) is 13.8 Å². The predicted octanol–water partition coefficient (Wildman–Crippen LogP) is 0.885. The van der Waals surface area contributed by atoms with Crippen molar-refractivity contribution in [2.75, 3.05) is 25.5 Å². The van der Waals surface area contributed by atoms with Crippen molar-refractivity contribution in [3.63, 3.8) is 0 Å². The summed E-state index contributed by atoms with van der Waals surface area (Å²) >= 11 is 0. The third-order valence-electron chi connectivity index (χ3n) is 4.48. The lowest BCUT2D eigenvalue weighted by atomic mass is 9.95. The van der Waals surface area contributed by atoms with Crippen molar-refractivity contribution in [2.24, 2.45) is 12.5 Å². The molecular formula is C19H24N6O3. The van der Waals surface area contributed by atoms with Crippen LogP contribution in [-0.2, 0) is 7.05 Å². The average molecular weight is 384 g/mol. The van der Waals surface area contributed by atoms with Crippen LogP contribution in [0.2, 0.25) is 0 Å². The van der Waals surface area contributed by atoms with Gasteiger partial charge in [-0.05, 0) is 24.3 Å². The number of carbonyl (C=O) groups excluding carboxylic acids is 1. The first kappa shape index (κ1) is 19.6. The third kappa shape index (κ3) is 3.61. The quantitative estimate of drug-likeness (QED) is 0.582. The van der Waals surface area contributed by atoms with Crippen LogP contribution in [0.4, 0.5) is 5.82 Å². The van der Waals surface area contributed by atoms with E-state index in [1.54, 1.807) is 44.6 Å². The number of nitrogens with zero attached hydrogens (tertiary/aromatic N) is 4. The second-order valence-corrected chi connectivity index (χ2v) is 7.39. The number of imidazole rings is 1. The zero-order chi connectivity index (χ0) is 20.5. The maximum absolute atomic E-state index is 12.8. The Balaban J connectivity index is 2.08. The van der Waals surface area contributed by atoms with Gasteiger partial charge in [-0.3, -0.25) is 9.59 Å². The Hall–Kier alpha value is -3.20. The van der Waals surface area contributed by atoms with Gasteiger partial charge < -0.3 is 20.3 Å². The van der Waals surface area contributed by atoms with Crippen LogP contribution in [0.3, 0.4) is 0 Å². The summed E-state index contributed by atoms with van der Waals surface area (Å²) in [6, 6.07) is 6.87. The average Bonchev–Trinajstić information content (AvgIpc) is 3.06. The summed E-state index contributed by atoms with van der Waals surface area (Å²) in [6.07, 6.45) is 1.67. The number of aliphatic hydroxyl groups is 1. The highest BCUT2D eigenvalue weighted by Gasteiger charge is 2.23. The Morgan fingerprint density at radius 1 is 1.29 bits per heavy atom. The fourth-order valence-corrected chi connectivity index (χ4v) is 2.71. The van der Waals surface area contributed by atoms with Gasteiger partial charge in [0.15, 0.2) is 17.2 Å². The number of hydrogen-bond acceptors (Lipinski definition) is 6. The molecule has 0 aliphatic carbocycles. The number of aryl methyl sites for hydroxylation is 1. The first-order valence-corrected chi connectivity index (χ1v) is 8.90. The van der Waals surface area contributed by atoms with Crippen molar-refractivity contribution in [3.05, 3.63) is 46.5 Å². The number of carbonyl (C=O) groups is 1. The minimum absolute atomic E-state index is 0.0565. The molecule has 3 aromatic rings. The second kappa shape index (κ2) is 7.43. The molecule has 28 heavy (non-hydrogen) atoms. The van der Waals surface area contributed by atoms with Crippen molar-refractivity contribution in [3.8, 4) is 11.3 Å². The summed E-state index contributed by atoms with van der Waals surface area (Å²) in [5.74, 6) is 0.00825. The summed E-state index contributed by atoms with van der Waals surface area (Å²) in [4.78, 5) is 29.6. The van der Waals surface area contributed by atoms with Crippen molar-refractivity contribution in [2.45, 2.75) is 13.8 Å². The molecule has 0 radical (unpaired) electrons. The predicted molar refractivity (Wildman–Crippen MR) is 106 cm³/mol. The molecule has 0 atom stereocenters. The first-order chi connectivity index (χ1) is 13.3. The Morgan fingerprint density at radius 3 is 2.71 bits per heavy atom. The van der Waals surface area contributed by atoms with E-state index >= 15 is 0 Å². The molecule has 3 N–H and O–H groups in total. The van der Waals surface area contributed by atoms with Gasteiger partial charge in [-0.25, -0.2) is 9.50 Å². The Kier molecular flexibility index (Phi) is 5.19. The minimum Gasteiger partial charge on any atom is -0.396 e. The molecule has 0 fully saturated rings. The van der Waals surface area contributed by atoms with E-state index in [0.29, 0.717) is 22.7 Å². The minimum atomic E-state index is -0.454. The molecule has 0 aromatic carbocycles. The molecule has 0 spiro atoms. The third-order valence-corrected chi connectivity index (χ3v) is 4.48. The monoisotopic (exact) mass is 384 g/mol. The first-order valence-electron chi connectivity index (χ1n) is 8.90. The van der Waals surface area contributed by atoms with Gasteiger partial charge in [-0.15, -0.1) is 0 Å². The number of fused-ring (bicyclic) bond motifs is 1. The molecule has 9 heteroatoms. The van der Waals surface area contributed by atoms with Gasteiger partial charge >= 0.3 is 0 Å². The number of nitrogens with one attached hydrogen (secondary N) is 2. The van der Waals surface area contributed by atoms with Crippen LogP contribution in [-0.4, -0.2) is 50.4 Å². The SMILES string of the molecule is CNc1nc2ccc(-c3cccn(C)c3=O)nn2c1C(=O)NCC(C)(C)CO. The van der Waals surface area contributed by atoms with Crippen LogP contribution < -0.4 is 16.2 Å². The van der Waals surface area contributed by atoms with Crippen LogP contribution in [0, 0.1) is 5.41 Å².